The van der Waals surface area contributed by atoms with Gasteiger partial charge in [0.2, 0.25) is 0 Å². The predicted octanol–water partition coefficient (Wildman–Crippen LogP) is 2.29. The van der Waals surface area contributed by atoms with Gasteiger partial charge in [-0.25, -0.2) is 0 Å². The fourth-order valence-electron chi connectivity index (χ4n) is 2.84. The van der Waals surface area contributed by atoms with Crippen molar-refractivity contribution in [2.24, 2.45) is 4.99 Å². The predicted molar refractivity (Wildman–Crippen MR) is 112 cm³/mol. The molecule has 2 aromatic rings. The Bertz CT molecular complexity index is 673. The third-order valence-electron chi connectivity index (χ3n) is 4.12. The summed E-state index contributed by atoms with van der Waals surface area (Å²) < 4.78 is 2.04. The number of nitrogens with one attached hydrogen (secondary N) is 1. The maximum absolute atomic E-state index is 4.44. The molecule has 3 rings (SSSR count). The van der Waals surface area contributed by atoms with E-state index in [-0.39, 0.29) is 24.0 Å². The minimum absolute atomic E-state index is 0. The highest BCUT2D eigenvalue weighted by Crippen LogP contribution is 2.20. The van der Waals surface area contributed by atoms with Crippen LogP contribution in [0.2, 0.25) is 0 Å². The Labute approximate surface area is 164 Å². The molecule has 0 radical (unpaired) electrons. The van der Waals surface area contributed by atoms with Gasteiger partial charge >= 0.3 is 0 Å². The van der Waals surface area contributed by atoms with Crippen LogP contribution >= 0.6 is 35.7 Å². The third kappa shape index (κ3) is 4.53. The van der Waals surface area contributed by atoms with Crippen molar-refractivity contribution in [1.29, 1.82) is 0 Å². The number of guanidine groups is 1. The SMILES string of the molecule is CCC1CN(C(=NC)NCCc2nnc3ccccn23)CCS1.I. The van der Waals surface area contributed by atoms with Crippen LogP contribution in [0.5, 0.6) is 0 Å². The quantitative estimate of drug-likeness (QED) is 0.431. The van der Waals surface area contributed by atoms with Crippen molar-refractivity contribution in [3.05, 3.63) is 30.2 Å². The summed E-state index contributed by atoms with van der Waals surface area (Å²) in [4.78, 5) is 6.81. The summed E-state index contributed by atoms with van der Waals surface area (Å²) >= 11 is 2.07. The molecule has 0 bridgehead atoms. The van der Waals surface area contributed by atoms with Crippen molar-refractivity contribution < 1.29 is 0 Å². The minimum atomic E-state index is 0. The Hall–Kier alpha value is -1.03. The molecule has 8 heteroatoms. The molecular weight excluding hydrogens is 435 g/mol. The second-order valence-electron chi connectivity index (χ2n) is 5.62. The van der Waals surface area contributed by atoms with Gasteiger partial charge in [0.15, 0.2) is 11.6 Å². The van der Waals surface area contributed by atoms with Crippen LogP contribution < -0.4 is 5.32 Å². The molecule has 0 aliphatic carbocycles. The maximum Gasteiger partial charge on any atom is 0.193 e. The lowest BCUT2D eigenvalue weighted by atomic mass is 10.3. The van der Waals surface area contributed by atoms with Crippen LogP contribution in [-0.4, -0.2) is 63.1 Å². The lowest BCUT2D eigenvalue weighted by Crippen LogP contribution is -2.48. The van der Waals surface area contributed by atoms with E-state index in [1.54, 1.807) is 0 Å². The molecular formula is C16H25IN6S. The molecule has 1 N–H and O–H groups in total. The number of halogens is 1. The van der Waals surface area contributed by atoms with Gasteiger partial charge in [0.25, 0.3) is 0 Å². The van der Waals surface area contributed by atoms with E-state index in [1.165, 1.54) is 12.2 Å². The highest BCUT2D eigenvalue weighted by Gasteiger charge is 2.21. The molecule has 0 saturated carbocycles. The van der Waals surface area contributed by atoms with Crippen molar-refractivity contribution in [1.82, 2.24) is 24.8 Å². The molecule has 1 aliphatic heterocycles. The van der Waals surface area contributed by atoms with E-state index in [1.807, 2.05) is 35.8 Å². The van der Waals surface area contributed by atoms with Crippen molar-refractivity contribution in [3.63, 3.8) is 0 Å². The summed E-state index contributed by atoms with van der Waals surface area (Å²) in [5, 5.41) is 12.6. The minimum Gasteiger partial charge on any atom is -0.356 e. The first-order chi connectivity index (χ1) is 11.3. The average Bonchev–Trinajstić information content (AvgIpc) is 3.02. The van der Waals surface area contributed by atoms with Crippen LogP contribution in [0.1, 0.15) is 19.2 Å². The zero-order valence-corrected chi connectivity index (χ0v) is 17.3. The molecule has 24 heavy (non-hydrogen) atoms. The summed E-state index contributed by atoms with van der Waals surface area (Å²) in [6.45, 7) is 5.21. The number of hydrogen-bond donors (Lipinski definition) is 1. The summed E-state index contributed by atoms with van der Waals surface area (Å²) in [7, 11) is 1.86. The van der Waals surface area contributed by atoms with Crippen molar-refractivity contribution in [2.45, 2.75) is 25.0 Å². The van der Waals surface area contributed by atoms with Crippen molar-refractivity contribution >= 4 is 47.3 Å². The van der Waals surface area contributed by atoms with Gasteiger partial charge in [-0.1, -0.05) is 13.0 Å². The fourth-order valence-corrected chi connectivity index (χ4v) is 4.02. The van der Waals surface area contributed by atoms with Gasteiger partial charge in [-0.05, 0) is 18.6 Å². The first-order valence-electron chi connectivity index (χ1n) is 8.17. The van der Waals surface area contributed by atoms with Crippen LogP contribution in [0.3, 0.4) is 0 Å². The van der Waals surface area contributed by atoms with E-state index in [2.05, 4.69) is 44.1 Å². The summed E-state index contributed by atoms with van der Waals surface area (Å²) in [6.07, 6.45) is 4.04. The van der Waals surface area contributed by atoms with E-state index in [0.717, 1.165) is 43.5 Å². The second kappa shape index (κ2) is 9.45. The molecule has 1 aliphatic rings. The van der Waals surface area contributed by atoms with Crippen LogP contribution in [0.4, 0.5) is 0 Å². The zero-order chi connectivity index (χ0) is 16.1. The van der Waals surface area contributed by atoms with Crippen molar-refractivity contribution in [3.8, 4) is 0 Å². The number of rotatable bonds is 4. The molecule has 6 nitrogen and oxygen atoms in total. The van der Waals surface area contributed by atoms with Crippen molar-refractivity contribution in [2.75, 3.05) is 32.4 Å². The van der Waals surface area contributed by atoms with Gasteiger partial charge in [-0.15, -0.1) is 34.2 Å². The molecule has 1 fully saturated rings. The van der Waals surface area contributed by atoms with Crippen LogP contribution in [0, 0.1) is 0 Å². The Morgan fingerprint density at radius 2 is 2.29 bits per heavy atom. The number of hydrogen-bond acceptors (Lipinski definition) is 4. The van der Waals surface area contributed by atoms with Crippen LogP contribution in [0.15, 0.2) is 29.4 Å². The highest BCUT2D eigenvalue weighted by atomic mass is 127. The molecule has 3 heterocycles. The van der Waals surface area contributed by atoms with E-state index < -0.39 is 0 Å². The van der Waals surface area contributed by atoms with Crippen LogP contribution in [0.25, 0.3) is 5.65 Å². The molecule has 132 valence electrons. The topological polar surface area (TPSA) is 57.8 Å². The Morgan fingerprint density at radius 3 is 3.08 bits per heavy atom. The largest absolute Gasteiger partial charge is 0.356 e. The lowest BCUT2D eigenvalue weighted by molar-refractivity contribution is 0.408. The summed E-state index contributed by atoms with van der Waals surface area (Å²) in [6, 6.07) is 5.95. The number of aliphatic imine (C=N–C) groups is 1. The van der Waals surface area contributed by atoms with Gasteiger partial charge in [-0.3, -0.25) is 9.39 Å². The van der Waals surface area contributed by atoms with Gasteiger partial charge in [0.1, 0.15) is 5.82 Å². The number of aromatic nitrogens is 3. The molecule has 0 amide bonds. The Kier molecular flexibility index (Phi) is 7.60. The maximum atomic E-state index is 4.44. The monoisotopic (exact) mass is 460 g/mol. The first-order valence-corrected chi connectivity index (χ1v) is 9.22. The van der Waals surface area contributed by atoms with Gasteiger partial charge in [0, 0.05) is 50.3 Å². The summed E-state index contributed by atoms with van der Waals surface area (Å²) in [5.74, 6) is 3.15. The van der Waals surface area contributed by atoms with E-state index >= 15 is 0 Å². The standard InChI is InChI=1S/C16H24N6S.HI/c1-3-13-12-21(10-11-23-13)16(17-2)18-8-7-15-20-19-14-6-4-5-9-22(14)15;/h4-6,9,13H,3,7-8,10-12H2,1-2H3,(H,17,18);1H. The Morgan fingerprint density at radius 1 is 1.42 bits per heavy atom. The first kappa shape index (κ1) is 19.3. The van der Waals surface area contributed by atoms with Gasteiger partial charge in [0.05, 0.1) is 0 Å². The highest BCUT2D eigenvalue weighted by molar-refractivity contribution is 14.0. The molecule has 2 aromatic heterocycles. The number of pyridine rings is 1. The normalized spacial score (nSPS) is 18.5. The molecule has 0 spiro atoms. The number of fused-ring (bicyclic) bond motifs is 1. The second-order valence-corrected chi connectivity index (χ2v) is 7.02. The Balaban J connectivity index is 0.00000208. The molecule has 0 aromatic carbocycles. The smallest absolute Gasteiger partial charge is 0.193 e. The number of thioether (sulfide) groups is 1. The average molecular weight is 460 g/mol. The molecule has 1 unspecified atom stereocenters. The fraction of sp³-hybridized carbons (Fsp3) is 0.562. The van der Waals surface area contributed by atoms with Gasteiger partial charge in [-0.2, -0.15) is 11.8 Å². The molecule has 1 saturated heterocycles. The third-order valence-corrected chi connectivity index (χ3v) is 5.49. The van der Waals surface area contributed by atoms with E-state index in [0.29, 0.717) is 5.25 Å². The van der Waals surface area contributed by atoms with E-state index in [4.69, 9.17) is 0 Å². The van der Waals surface area contributed by atoms with E-state index in [9.17, 15) is 0 Å². The molecule has 1 atom stereocenters. The van der Waals surface area contributed by atoms with Gasteiger partial charge < -0.3 is 10.2 Å². The summed E-state index contributed by atoms with van der Waals surface area (Å²) in [5.41, 5.74) is 0.894. The number of nitrogens with zero attached hydrogens (tertiary/aromatic N) is 5. The lowest BCUT2D eigenvalue weighted by Gasteiger charge is -2.34. The zero-order valence-electron chi connectivity index (χ0n) is 14.2. The van der Waals surface area contributed by atoms with Crippen LogP contribution in [-0.2, 0) is 6.42 Å².